The molecule has 22 heavy (non-hydrogen) atoms. The average molecular weight is 300 g/mol. The van der Waals surface area contributed by atoms with Gasteiger partial charge in [-0.25, -0.2) is 0 Å². The summed E-state index contributed by atoms with van der Waals surface area (Å²) in [6, 6.07) is 6.94. The molecule has 1 aromatic heterocycles. The highest BCUT2D eigenvalue weighted by atomic mass is 16.6. The van der Waals surface area contributed by atoms with Crippen molar-refractivity contribution in [3.8, 4) is 0 Å². The summed E-state index contributed by atoms with van der Waals surface area (Å²) in [4.78, 5) is 19.9. The van der Waals surface area contributed by atoms with Crippen LogP contribution in [-0.2, 0) is 0 Å². The van der Waals surface area contributed by atoms with E-state index in [1.165, 1.54) is 6.07 Å². The zero-order chi connectivity index (χ0) is 15.7. The normalized spacial score (nSPS) is 16.2. The number of likely N-dealkylation sites (N-methyl/N-ethyl adjacent to an activating group) is 1. The molecule has 3 rings (SSSR count). The Kier molecular flexibility index (Phi) is 3.94. The fraction of sp³-hybridized carbons (Fsp3) is 0.438. The summed E-state index contributed by atoms with van der Waals surface area (Å²) in [5.74, 6) is 0. The first-order valence-electron chi connectivity index (χ1n) is 7.61. The molecule has 0 atom stereocenters. The molecule has 0 unspecified atom stereocenters. The van der Waals surface area contributed by atoms with Crippen molar-refractivity contribution in [3.05, 3.63) is 40.1 Å². The number of hydrogen-bond acceptors (Lipinski definition) is 5. The van der Waals surface area contributed by atoms with Crippen LogP contribution in [0.5, 0.6) is 0 Å². The van der Waals surface area contributed by atoms with Gasteiger partial charge in [-0.15, -0.1) is 0 Å². The Hall–Kier alpha value is -2.21. The molecule has 0 bridgehead atoms. The molecule has 0 N–H and O–H groups in total. The Morgan fingerprint density at radius 1 is 1.23 bits per heavy atom. The van der Waals surface area contributed by atoms with Crippen LogP contribution in [0.4, 0.5) is 11.4 Å². The molecular weight excluding hydrogens is 280 g/mol. The molecule has 1 aliphatic heterocycles. The lowest BCUT2D eigenvalue weighted by Gasteiger charge is -2.36. The maximum absolute atomic E-state index is 11.0. The number of hydrogen-bond donors (Lipinski definition) is 0. The third kappa shape index (κ3) is 2.74. The van der Waals surface area contributed by atoms with Crippen molar-refractivity contribution in [2.75, 3.05) is 37.6 Å². The summed E-state index contributed by atoms with van der Waals surface area (Å²) in [5, 5.41) is 11.9. The monoisotopic (exact) mass is 300 g/mol. The van der Waals surface area contributed by atoms with Crippen molar-refractivity contribution in [1.29, 1.82) is 0 Å². The number of non-ortho nitro benzene ring substituents is 1. The number of aryl methyl sites for hydroxylation is 1. The van der Waals surface area contributed by atoms with Crippen LogP contribution in [0.25, 0.3) is 10.9 Å². The SMILES string of the molecule is CCN1CCN(c2cc(C)nc3ccc([N+](=O)[O-])cc23)CC1. The number of aromatic nitrogens is 1. The van der Waals surface area contributed by atoms with Gasteiger partial charge in [0, 0.05) is 55.1 Å². The molecule has 0 aliphatic carbocycles. The van der Waals surface area contributed by atoms with E-state index >= 15 is 0 Å². The van der Waals surface area contributed by atoms with E-state index in [0.717, 1.165) is 55.0 Å². The van der Waals surface area contributed by atoms with Gasteiger partial charge < -0.3 is 9.80 Å². The Bertz CT molecular complexity index is 709. The van der Waals surface area contributed by atoms with Crippen molar-refractivity contribution in [2.45, 2.75) is 13.8 Å². The molecule has 1 fully saturated rings. The van der Waals surface area contributed by atoms with Crippen molar-refractivity contribution < 1.29 is 4.92 Å². The van der Waals surface area contributed by atoms with Crippen molar-refractivity contribution in [1.82, 2.24) is 9.88 Å². The largest absolute Gasteiger partial charge is 0.368 e. The van der Waals surface area contributed by atoms with Crippen molar-refractivity contribution in [3.63, 3.8) is 0 Å². The van der Waals surface area contributed by atoms with Crippen LogP contribution in [-0.4, -0.2) is 47.5 Å². The molecule has 6 nitrogen and oxygen atoms in total. The molecule has 1 aromatic carbocycles. The van der Waals surface area contributed by atoms with Gasteiger partial charge in [-0.05, 0) is 25.6 Å². The lowest BCUT2D eigenvalue weighted by molar-refractivity contribution is -0.384. The first-order chi connectivity index (χ1) is 10.6. The van der Waals surface area contributed by atoms with Gasteiger partial charge in [0.1, 0.15) is 0 Å². The van der Waals surface area contributed by atoms with E-state index in [1.807, 2.05) is 13.0 Å². The summed E-state index contributed by atoms with van der Waals surface area (Å²) in [7, 11) is 0. The molecule has 0 radical (unpaired) electrons. The Balaban J connectivity index is 2.03. The van der Waals surface area contributed by atoms with Gasteiger partial charge in [0.25, 0.3) is 5.69 Å². The zero-order valence-corrected chi connectivity index (χ0v) is 13.0. The third-order valence-corrected chi connectivity index (χ3v) is 4.27. The maximum Gasteiger partial charge on any atom is 0.270 e. The second-order valence-electron chi connectivity index (χ2n) is 5.66. The van der Waals surface area contributed by atoms with E-state index in [-0.39, 0.29) is 10.6 Å². The molecule has 0 spiro atoms. The predicted octanol–water partition coefficient (Wildman–Crippen LogP) is 2.59. The third-order valence-electron chi connectivity index (χ3n) is 4.27. The topological polar surface area (TPSA) is 62.5 Å². The Labute approximate surface area is 129 Å². The van der Waals surface area contributed by atoms with Crippen LogP contribution in [0.2, 0.25) is 0 Å². The number of nitro groups is 1. The molecule has 2 aromatic rings. The number of fused-ring (bicyclic) bond motifs is 1. The van der Waals surface area contributed by atoms with E-state index in [0.29, 0.717) is 0 Å². The predicted molar refractivity (Wildman–Crippen MR) is 87.5 cm³/mol. The van der Waals surface area contributed by atoms with E-state index in [4.69, 9.17) is 0 Å². The number of rotatable bonds is 3. The standard InChI is InChI=1S/C16H20N4O2/c1-3-18-6-8-19(9-7-18)16-10-12(2)17-15-5-4-13(20(21)22)11-14(15)16/h4-5,10-11H,3,6-9H2,1-2H3. The fourth-order valence-electron chi connectivity index (χ4n) is 3.00. The summed E-state index contributed by atoms with van der Waals surface area (Å²) in [5.41, 5.74) is 2.93. The lowest BCUT2D eigenvalue weighted by atomic mass is 10.1. The summed E-state index contributed by atoms with van der Waals surface area (Å²) in [6.07, 6.45) is 0. The highest BCUT2D eigenvalue weighted by molar-refractivity contribution is 5.93. The van der Waals surface area contributed by atoms with Crippen molar-refractivity contribution in [2.24, 2.45) is 0 Å². The minimum Gasteiger partial charge on any atom is -0.368 e. The number of pyridine rings is 1. The van der Waals surface area contributed by atoms with Crippen LogP contribution < -0.4 is 4.90 Å². The van der Waals surface area contributed by atoms with Gasteiger partial charge in [0.2, 0.25) is 0 Å². The molecule has 2 heterocycles. The summed E-state index contributed by atoms with van der Waals surface area (Å²) < 4.78 is 0. The Morgan fingerprint density at radius 3 is 2.59 bits per heavy atom. The van der Waals surface area contributed by atoms with Crippen LogP contribution in [0.1, 0.15) is 12.6 Å². The van der Waals surface area contributed by atoms with E-state index in [2.05, 4.69) is 21.7 Å². The van der Waals surface area contributed by atoms with E-state index in [1.54, 1.807) is 12.1 Å². The van der Waals surface area contributed by atoms with Crippen LogP contribution in [0, 0.1) is 17.0 Å². The second kappa shape index (κ2) is 5.88. The number of piperazine rings is 1. The zero-order valence-electron chi connectivity index (χ0n) is 13.0. The molecule has 1 saturated heterocycles. The molecule has 6 heteroatoms. The van der Waals surface area contributed by atoms with Crippen LogP contribution >= 0.6 is 0 Å². The molecule has 116 valence electrons. The average Bonchev–Trinajstić information content (AvgIpc) is 2.53. The highest BCUT2D eigenvalue weighted by Gasteiger charge is 2.19. The molecule has 0 amide bonds. The minimum atomic E-state index is -0.349. The quantitative estimate of drug-likeness (QED) is 0.644. The van der Waals surface area contributed by atoms with Gasteiger partial charge in [0.05, 0.1) is 10.4 Å². The van der Waals surface area contributed by atoms with Gasteiger partial charge >= 0.3 is 0 Å². The van der Waals surface area contributed by atoms with Gasteiger partial charge in [0.15, 0.2) is 0 Å². The maximum atomic E-state index is 11.0. The van der Waals surface area contributed by atoms with Crippen LogP contribution in [0.3, 0.4) is 0 Å². The van der Waals surface area contributed by atoms with Crippen molar-refractivity contribution >= 4 is 22.3 Å². The number of nitrogens with zero attached hydrogens (tertiary/aromatic N) is 4. The second-order valence-corrected chi connectivity index (χ2v) is 5.66. The molecular formula is C16H20N4O2. The number of anilines is 1. The smallest absolute Gasteiger partial charge is 0.270 e. The summed E-state index contributed by atoms with van der Waals surface area (Å²) in [6.45, 7) is 9.12. The van der Waals surface area contributed by atoms with Gasteiger partial charge in [-0.1, -0.05) is 6.92 Å². The number of nitro benzene ring substituents is 1. The van der Waals surface area contributed by atoms with E-state index < -0.39 is 0 Å². The first-order valence-corrected chi connectivity index (χ1v) is 7.61. The minimum absolute atomic E-state index is 0.117. The fourth-order valence-corrected chi connectivity index (χ4v) is 3.00. The summed E-state index contributed by atoms with van der Waals surface area (Å²) >= 11 is 0. The lowest BCUT2D eigenvalue weighted by Crippen LogP contribution is -2.46. The highest BCUT2D eigenvalue weighted by Crippen LogP contribution is 2.30. The number of benzene rings is 1. The molecule has 1 aliphatic rings. The van der Waals surface area contributed by atoms with Gasteiger partial charge in [-0.2, -0.15) is 0 Å². The van der Waals surface area contributed by atoms with Gasteiger partial charge in [-0.3, -0.25) is 15.1 Å². The van der Waals surface area contributed by atoms with Crippen LogP contribution in [0.15, 0.2) is 24.3 Å². The molecule has 0 saturated carbocycles. The first kappa shape index (κ1) is 14.7. The Morgan fingerprint density at radius 2 is 1.95 bits per heavy atom. The van der Waals surface area contributed by atoms with E-state index in [9.17, 15) is 10.1 Å².